The second-order valence-electron chi connectivity index (χ2n) is 9.50. The monoisotopic (exact) mass is 447 g/mol. The van der Waals surface area contributed by atoms with E-state index in [4.69, 9.17) is 0 Å². The van der Waals surface area contributed by atoms with Gasteiger partial charge < -0.3 is 10.6 Å². The predicted octanol–water partition coefficient (Wildman–Crippen LogP) is 6.13. The van der Waals surface area contributed by atoms with Crippen LogP contribution in [0.5, 0.6) is 0 Å². The molecule has 2 N–H and O–H groups in total. The van der Waals surface area contributed by atoms with Gasteiger partial charge in [0.1, 0.15) is 0 Å². The van der Waals surface area contributed by atoms with Gasteiger partial charge in [0.2, 0.25) is 0 Å². The summed E-state index contributed by atoms with van der Waals surface area (Å²) >= 11 is 0. The van der Waals surface area contributed by atoms with Gasteiger partial charge in [0.25, 0.3) is 0 Å². The van der Waals surface area contributed by atoms with Crippen LogP contribution >= 0.6 is 0 Å². The van der Waals surface area contributed by atoms with Crippen molar-refractivity contribution in [3.8, 4) is 11.8 Å². The van der Waals surface area contributed by atoms with E-state index in [0.29, 0.717) is 6.04 Å². The third kappa shape index (κ3) is 9.24. The molecule has 1 saturated carbocycles. The van der Waals surface area contributed by atoms with E-state index in [1.54, 1.807) is 0 Å². The molecule has 0 aliphatic heterocycles. The molecular formula is C30H45N3. The zero-order chi connectivity index (χ0) is 24.1. The maximum atomic E-state index is 4.06. The lowest BCUT2D eigenvalue weighted by Gasteiger charge is -2.27. The number of allylic oxidation sites excluding steroid dienone is 1. The average Bonchev–Trinajstić information content (AvgIpc) is 2.83. The highest BCUT2D eigenvalue weighted by atomic mass is 15.1. The lowest BCUT2D eigenvalue weighted by atomic mass is 9.87. The first kappa shape index (κ1) is 27.0. The van der Waals surface area contributed by atoms with Crippen molar-refractivity contribution in [3.05, 3.63) is 66.4 Å². The summed E-state index contributed by atoms with van der Waals surface area (Å²) < 4.78 is 0. The van der Waals surface area contributed by atoms with Crippen LogP contribution in [0.25, 0.3) is 6.08 Å². The van der Waals surface area contributed by atoms with E-state index in [1.165, 1.54) is 31.2 Å². The highest BCUT2D eigenvalue weighted by Crippen LogP contribution is 2.23. The molecule has 0 heterocycles. The molecular weight excluding hydrogens is 402 g/mol. The molecule has 2 rings (SSSR count). The molecule has 1 unspecified atom stereocenters. The molecule has 0 bridgehead atoms. The van der Waals surface area contributed by atoms with Crippen molar-refractivity contribution >= 4 is 6.08 Å². The Morgan fingerprint density at radius 3 is 2.67 bits per heavy atom. The average molecular weight is 448 g/mol. The Kier molecular flexibility index (Phi) is 12.1. The molecule has 1 atom stereocenters. The molecule has 33 heavy (non-hydrogen) atoms. The third-order valence-electron chi connectivity index (χ3n) is 6.92. The van der Waals surface area contributed by atoms with Crippen LogP contribution in [0.1, 0.15) is 75.0 Å². The minimum Gasteiger partial charge on any atom is -0.392 e. The van der Waals surface area contributed by atoms with Crippen LogP contribution in [-0.4, -0.2) is 37.6 Å². The van der Waals surface area contributed by atoms with Gasteiger partial charge in [0, 0.05) is 43.4 Å². The zero-order valence-electron chi connectivity index (χ0n) is 21.3. The molecule has 3 nitrogen and oxygen atoms in total. The summed E-state index contributed by atoms with van der Waals surface area (Å²) in [5.74, 6) is 7.78. The van der Waals surface area contributed by atoms with Gasteiger partial charge in [-0.25, -0.2) is 0 Å². The first-order chi connectivity index (χ1) is 16.0. The fraction of sp³-hybridized carbons (Fsp3) is 0.533. The van der Waals surface area contributed by atoms with Crippen molar-refractivity contribution in [3.63, 3.8) is 0 Å². The van der Waals surface area contributed by atoms with Crippen molar-refractivity contribution in [2.75, 3.05) is 20.6 Å². The summed E-state index contributed by atoms with van der Waals surface area (Å²) in [6.45, 7) is 16.4. The molecule has 1 aromatic rings. The molecule has 1 fully saturated rings. The molecule has 0 amide bonds. The number of nitrogens with zero attached hydrogens (tertiary/aromatic N) is 1. The number of hydrogen-bond donors (Lipinski definition) is 2. The van der Waals surface area contributed by atoms with Crippen LogP contribution in [0, 0.1) is 17.8 Å². The van der Waals surface area contributed by atoms with E-state index >= 15 is 0 Å². The van der Waals surface area contributed by atoms with E-state index in [2.05, 4.69) is 79.3 Å². The van der Waals surface area contributed by atoms with Gasteiger partial charge in [0.05, 0.1) is 0 Å². The normalized spacial score (nSPS) is 18.8. The first-order valence-corrected chi connectivity index (χ1v) is 12.6. The van der Waals surface area contributed by atoms with Crippen LogP contribution in [0.15, 0.2) is 49.7 Å². The van der Waals surface area contributed by atoms with E-state index in [9.17, 15) is 0 Å². The van der Waals surface area contributed by atoms with Gasteiger partial charge >= 0.3 is 0 Å². The Labute approximate surface area is 203 Å². The maximum Gasteiger partial charge on any atom is 0.0296 e. The van der Waals surface area contributed by atoms with Crippen LogP contribution < -0.4 is 10.6 Å². The number of benzene rings is 1. The summed E-state index contributed by atoms with van der Waals surface area (Å²) in [6.07, 6.45) is 13.3. The quantitative estimate of drug-likeness (QED) is 0.216. The molecule has 1 aromatic carbocycles. The number of rotatable bonds is 13. The van der Waals surface area contributed by atoms with Crippen molar-refractivity contribution in [2.24, 2.45) is 5.92 Å². The van der Waals surface area contributed by atoms with Crippen molar-refractivity contribution in [1.29, 1.82) is 0 Å². The Morgan fingerprint density at radius 2 is 2.00 bits per heavy atom. The van der Waals surface area contributed by atoms with Gasteiger partial charge in [-0.2, -0.15) is 0 Å². The Hall–Kier alpha value is -2.28. The van der Waals surface area contributed by atoms with Gasteiger partial charge in [0.15, 0.2) is 0 Å². The molecule has 0 spiro atoms. The second-order valence-corrected chi connectivity index (χ2v) is 9.50. The van der Waals surface area contributed by atoms with Gasteiger partial charge in [-0.15, -0.1) is 6.58 Å². The summed E-state index contributed by atoms with van der Waals surface area (Å²) in [4.78, 5) is 2.35. The second kappa shape index (κ2) is 14.8. The Bertz CT molecular complexity index is 821. The number of hydrogen-bond acceptors (Lipinski definition) is 3. The molecule has 0 saturated heterocycles. The smallest absolute Gasteiger partial charge is 0.0296 e. The molecule has 0 radical (unpaired) electrons. The van der Waals surface area contributed by atoms with Crippen molar-refractivity contribution in [1.82, 2.24) is 15.5 Å². The Morgan fingerprint density at radius 1 is 1.24 bits per heavy atom. The molecule has 1 aliphatic rings. The van der Waals surface area contributed by atoms with Crippen LogP contribution in [0.2, 0.25) is 0 Å². The standard InChI is InChI=1S/C30H45N3/c1-7-26-14-12-15-27(13-10-9-11-22-32-28-19-16-24(3)17-20-28)30(26)23-33(6)29(8-2)21-18-25(4)31-5/h7-8,12,14-15,24,28-29,31-32H,1-2,4,9,11,16-23H2,3,5-6H3. The summed E-state index contributed by atoms with van der Waals surface area (Å²) in [6, 6.07) is 7.34. The molecule has 180 valence electrons. The topological polar surface area (TPSA) is 27.3 Å². The fourth-order valence-electron chi connectivity index (χ4n) is 4.53. The maximum absolute atomic E-state index is 4.06. The van der Waals surface area contributed by atoms with Crippen LogP contribution in [0.3, 0.4) is 0 Å². The summed E-state index contributed by atoms with van der Waals surface area (Å²) in [5, 5.41) is 6.87. The van der Waals surface area contributed by atoms with E-state index < -0.39 is 0 Å². The molecule has 0 aromatic heterocycles. The van der Waals surface area contributed by atoms with Gasteiger partial charge in [-0.3, -0.25) is 4.90 Å². The lowest BCUT2D eigenvalue weighted by molar-refractivity contribution is 0.261. The summed E-state index contributed by atoms with van der Waals surface area (Å²) in [7, 11) is 4.08. The predicted molar refractivity (Wildman–Crippen MR) is 145 cm³/mol. The van der Waals surface area contributed by atoms with Crippen molar-refractivity contribution in [2.45, 2.75) is 76.9 Å². The fourth-order valence-corrected chi connectivity index (χ4v) is 4.53. The van der Waals surface area contributed by atoms with Gasteiger partial charge in [-0.1, -0.05) is 56.2 Å². The van der Waals surface area contributed by atoms with E-state index in [0.717, 1.165) is 61.5 Å². The minimum atomic E-state index is 0.280. The van der Waals surface area contributed by atoms with Gasteiger partial charge in [-0.05, 0) is 81.6 Å². The lowest BCUT2D eigenvalue weighted by Crippen LogP contribution is -2.33. The highest BCUT2D eigenvalue weighted by Gasteiger charge is 2.17. The number of likely N-dealkylation sites (N-methyl/N-ethyl adjacent to an activating group) is 1. The van der Waals surface area contributed by atoms with E-state index in [1.807, 2.05) is 19.2 Å². The SMILES string of the molecule is C=Cc1cccc(C#CCCCNC2CCC(C)CC2)c1CN(C)C(C=C)CCC(=C)NC. The summed E-state index contributed by atoms with van der Waals surface area (Å²) in [5.41, 5.74) is 4.57. The highest BCUT2D eigenvalue weighted by molar-refractivity contribution is 5.58. The third-order valence-corrected chi connectivity index (χ3v) is 6.92. The first-order valence-electron chi connectivity index (χ1n) is 12.6. The zero-order valence-corrected chi connectivity index (χ0v) is 21.3. The number of nitrogens with one attached hydrogen (secondary N) is 2. The largest absolute Gasteiger partial charge is 0.392 e. The minimum absolute atomic E-state index is 0.280. The van der Waals surface area contributed by atoms with Crippen LogP contribution in [-0.2, 0) is 6.54 Å². The van der Waals surface area contributed by atoms with E-state index in [-0.39, 0.29) is 6.04 Å². The molecule has 1 aliphatic carbocycles. The van der Waals surface area contributed by atoms with Crippen LogP contribution in [0.4, 0.5) is 0 Å². The molecule has 3 heteroatoms. The Balaban J connectivity index is 1.94. The van der Waals surface area contributed by atoms with Crippen molar-refractivity contribution < 1.29 is 0 Å². The number of unbranched alkanes of at least 4 members (excludes halogenated alkanes) is 1.